The maximum atomic E-state index is 6.58. The first-order chi connectivity index (χ1) is 27.0. The van der Waals surface area contributed by atoms with Gasteiger partial charge in [-0.05, 0) is 76.0 Å². The largest absolute Gasteiger partial charge is 0.456 e. The molecule has 0 bridgehead atoms. The van der Waals surface area contributed by atoms with Crippen LogP contribution in [0, 0.1) is 0 Å². The molecular formula is C51H35N3O. The molecule has 0 unspecified atom stereocenters. The number of furan rings is 1. The molecule has 0 amide bonds. The Morgan fingerprint density at radius 2 is 1.07 bits per heavy atom. The highest BCUT2D eigenvalue weighted by atomic mass is 16.3. The Kier molecular flexibility index (Phi) is 7.63. The molecule has 0 spiro atoms. The number of aromatic nitrogens is 1. The van der Waals surface area contributed by atoms with E-state index < -0.39 is 0 Å². The van der Waals surface area contributed by atoms with Crippen LogP contribution in [-0.4, -0.2) is 16.1 Å². The molecule has 4 heteroatoms. The van der Waals surface area contributed by atoms with Gasteiger partial charge in [0.05, 0.1) is 27.8 Å². The van der Waals surface area contributed by atoms with E-state index in [1.54, 1.807) is 0 Å². The summed E-state index contributed by atoms with van der Waals surface area (Å²) in [5.41, 5.74) is 10.1. The van der Waals surface area contributed by atoms with Crippen LogP contribution in [0.15, 0.2) is 203 Å². The summed E-state index contributed by atoms with van der Waals surface area (Å²) in [4.78, 5) is 10.2. The summed E-state index contributed by atoms with van der Waals surface area (Å²) < 4.78 is 8.98. The number of benzene rings is 8. The average Bonchev–Trinajstić information content (AvgIpc) is 3.79. The molecule has 10 aromatic rings. The number of aliphatic imine (C=N–C) groups is 2. The molecule has 0 saturated carbocycles. The van der Waals surface area contributed by atoms with Crippen LogP contribution < -0.4 is 0 Å². The van der Waals surface area contributed by atoms with Gasteiger partial charge < -0.3 is 8.98 Å². The summed E-state index contributed by atoms with van der Waals surface area (Å²) in [5.74, 6) is 0.576. The standard InChI is InChI=1S/C51H35N3O/c1-32(2)49(37-16-6-4-7-17-37)53-51(38-18-8-5-9-19-38)52-33(3)34-22-26-39(27-23-34)54-43-29-24-35-14-10-12-20-40(35)46(43)42-28-31-45-48(50(42)54)47-41-21-13-11-15-36(41)25-30-44(47)55-45/h4-31H,1,3H2,2H3/b52-51-,53-49+. The number of amidine groups is 1. The van der Waals surface area contributed by atoms with Crippen LogP contribution in [0.5, 0.6) is 0 Å². The fraction of sp³-hybridized carbons (Fsp3) is 0.0196. The van der Waals surface area contributed by atoms with E-state index >= 15 is 0 Å². The van der Waals surface area contributed by atoms with Crippen LogP contribution in [0.2, 0.25) is 0 Å². The van der Waals surface area contributed by atoms with E-state index in [2.05, 4.69) is 127 Å². The summed E-state index contributed by atoms with van der Waals surface area (Å²) in [5, 5.41) is 9.44. The van der Waals surface area contributed by atoms with Crippen LogP contribution in [0.3, 0.4) is 0 Å². The van der Waals surface area contributed by atoms with Crippen molar-refractivity contribution < 1.29 is 4.42 Å². The quantitative estimate of drug-likeness (QED) is 0.125. The molecule has 0 fully saturated rings. The molecule has 0 saturated heterocycles. The molecule has 55 heavy (non-hydrogen) atoms. The summed E-state index contributed by atoms with van der Waals surface area (Å²) in [6, 6.07) is 58.9. The van der Waals surface area contributed by atoms with Crippen LogP contribution in [-0.2, 0) is 0 Å². The van der Waals surface area contributed by atoms with E-state index in [0.717, 1.165) is 66.6 Å². The van der Waals surface area contributed by atoms with E-state index in [9.17, 15) is 0 Å². The van der Waals surface area contributed by atoms with Crippen LogP contribution in [0.25, 0.3) is 76.7 Å². The number of rotatable bonds is 6. The molecule has 0 aliphatic heterocycles. The van der Waals surface area contributed by atoms with E-state index in [-0.39, 0.29) is 0 Å². The zero-order chi connectivity index (χ0) is 37.0. The fourth-order valence-corrected chi connectivity index (χ4v) is 8.01. The van der Waals surface area contributed by atoms with Crippen LogP contribution in [0.4, 0.5) is 0 Å². The highest BCUT2D eigenvalue weighted by Gasteiger charge is 2.22. The van der Waals surface area contributed by atoms with Gasteiger partial charge in [-0.25, -0.2) is 9.98 Å². The van der Waals surface area contributed by atoms with Gasteiger partial charge in [0, 0.05) is 33.0 Å². The van der Waals surface area contributed by atoms with E-state index in [0.29, 0.717) is 11.5 Å². The monoisotopic (exact) mass is 705 g/mol. The van der Waals surface area contributed by atoms with Crippen LogP contribution >= 0.6 is 0 Å². The molecule has 2 heterocycles. The molecule has 10 rings (SSSR count). The minimum absolute atomic E-state index is 0.576. The van der Waals surface area contributed by atoms with Crippen molar-refractivity contribution in [3.05, 3.63) is 205 Å². The molecule has 0 atom stereocenters. The smallest absolute Gasteiger partial charge is 0.160 e. The lowest BCUT2D eigenvalue weighted by Gasteiger charge is -2.12. The maximum absolute atomic E-state index is 6.58. The van der Waals surface area contributed by atoms with Crippen molar-refractivity contribution in [2.24, 2.45) is 9.98 Å². The minimum Gasteiger partial charge on any atom is -0.456 e. The Morgan fingerprint density at radius 1 is 0.491 bits per heavy atom. The van der Waals surface area contributed by atoms with Gasteiger partial charge in [0.1, 0.15) is 11.2 Å². The molecule has 4 nitrogen and oxygen atoms in total. The van der Waals surface area contributed by atoms with Crippen molar-refractivity contribution in [3.8, 4) is 5.69 Å². The normalized spacial score (nSPS) is 12.5. The first-order valence-corrected chi connectivity index (χ1v) is 18.5. The third kappa shape index (κ3) is 5.38. The van der Waals surface area contributed by atoms with Gasteiger partial charge in [-0.3, -0.25) is 0 Å². The van der Waals surface area contributed by atoms with Gasteiger partial charge in [-0.1, -0.05) is 147 Å². The van der Waals surface area contributed by atoms with Crippen molar-refractivity contribution in [2.75, 3.05) is 0 Å². The second-order valence-electron chi connectivity index (χ2n) is 14.0. The van der Waals surface area contributed by atoms with Gasteiger partial charge in [0.25, 0.3) is 0 Å². The lowest BCUT2D eigenvalue weighted by atomic mass is 10.0. The van der Waals surface area contributed by atoms with Crippen molar-refractivity contribution in [1.82, 2.24) is 4.57 Å². The summed E-state index contributed by atoms with van der Waals surface area (Å²) in [6.07, 6.45) is 0. The van der Waals surface area contributed by atoms with E-state index in [4.69, 9.17) is 14.4 Å². The summed E-state index contributed by atoms with van der Waals surface area (Å²) in [7, 11) is 0. The topological polar surface area (TPSA) is 42.8 Å². The number of hydrogen-bond donors (Lipinski definition) is 0. The number of nitrogens with zero attached hydrogens (tertiary/aromatic N) is 3. The van der Waals surface area contributed by atoms with Gasteiger partial charge in [0.2, 0.25) is 0 Å². The fourth-order valence-electron chi connectivity index (χ4n) is 8.01. The third-order valence-electron chi connectivity index (χ3n) is 10.5. The zero-order valence-electron chi connectivity index (χ0n) is 30.3. The average molecular weight is 706 g/mol. The van der Waals surface area contributed by atoms with Crippen LogP contribution in [0.1, 0.15) is 23.6 Å². The molecule has 0 radical (unpaired) electrons. The molecule has 0 N–H and O–H groups in total. The summed E-state index contributed by atoms with van der Waals surface area (Å²) >= 11 is 0. The van der Waals surface area contributed by atoms with E-state index in [1.807, 2.05) is 67.6 Å². The highest BCUT2D eigenvalue weighted by Crippen LogP contribution is 2.44. The lowest BCUT2D eigenvalue weighted by Crippen LogP contribution is -2.08. The predicted octanol–water partition coefficient (Wildman–Crippen LogP) is 13.5. The molecule has 260 valence electrons. The molecule has 0 aliphatic carbocycles. The van der Waals surface area contributed by atoms with Crippen molar-refractivity contribution in [2.45, 2.75) is 6.92 Å². The first-order valence-electron chi connectivity index (χ1n) is 18.5. The zero-order valence-corrected chi connectivity index (χ0v) is 30.3. The van der Waals surface area contributed by atoms with Gasteiger partial charge in [-0.2, -0.15) is 0 Å². The van der Waals surface area contributed by atoms with Crippen molar-refractivity contribution >= 4 is 82.5 Å². The molecule has 0 aliphatic rings. The Balaban J connectivity index is 1.17. The second kappa shape index (κ2) is 13.0. The van der Waals surface area contributed by atoms with Crippen molar-refractivity contribution in [1.29, 1.82) is 0 Å². The SMILES string of the molecule is C=C(C)/C(=N\C(=N/C(=C)c1ccc(-n2c3ccc4ccccc4c3c3ccc4oc5ccc6ccccc6c5c4c32)cc1)c1ccccc1)c1ccccc1. The highest BCUT2D eigenvalue weighted by molar-refractivity contribution is 6.32. The first kappa shape index (κ1) is 32.4. The predicted molar refractivity (Wildman–Crippen MR) is 233 cm³/mol. The van der Waals surface area contributed by atoms with Gasteiger partial charge >= 0.3 is 0 Å². The van der Waals surface area contributed by atoms with Crippen molar-refractivity contribution in [3.63, 3.8) is 0 Å². The lowest BCUT2D eigenvalue weighted by molar-refractivity contribution is 0.669. The third-order valence-corrected chi connectivity index (χ3v) is 10.5. The van der Waals surface area contributed by atoms with Gasteiger partial charge in [0.15, 0.2) is 5.84 Å². The number of allylic oxidation sites excluding steroid dienone is 1. The maximum Gasteiger partial charge on any atom is 0.160 e. The minimum atomic E-state index is 0.576. The summed E-state index contributed by atoms with van der Waals surface area (Å²) in [6.45, 7) is 10.7. The molecule has 8 aromatic carbocycles. The Morgan fingerprint density at radius 3 is 1.76 bits per heavy atom. The van der Waals surface area contributed by atoms with E-state index in [1.165, 1.54) is 32.3 Å². The second-order valence-corrected chi connectivity index (χ2v) is 14.0. The Hall–Kier alpha value is -7.30. The van der Waals surface area contributed by atoms with Gasteiger partial charge in [-0.15, -0.1) is 0 Å². The molecular weight excluding hydrogens is 671 g/mol. The molecule has 2 aromatic heterocycles. The Bertz CT molecular complexity index is 3220. The number of hydrogen-bond acceptors (Lipinski definition) is 2. The number of fused-ring (bicyclic) bond motifs is 11. The Labute approximate surface area is 318 Å².